The molecule has 4 rings (SSSR count). The van der Waals surface area contributed by atoms with Crippen LogP contribution in [0.15, 0.2) is 28.9 Å². The van der Waals surface area contributed by atoms with Crippen molar-refractivity contribution in [3.63, 3.8) is 0 Å². The van der Waals surface area contributed by atoms with Crippen molar-refractivity contribution in [2.75, 3.05) is 0 Å². The summed E-state index contributed by atoms with van der Waals surface area (Å²) in [6.45, 7) is 2.20. The third-order valence-corrected chi connectivity index (χ3v) is 5.71. The molecule has 2 bridgehead atoms. The van der Waals surface area contributed by atoms with E-state index in [0.717, 1.165) is 36.6 Å². The second kappa shape index (κ2) is 7.37. The first-order valence-corrected chi connectivity index (χ1v) is 9.52. The highest BCUT2D eigenvalue weighted by atomic mass is 19.4. The molecule has 2 aromatic rings. The normalized spacial score (nSPS) is 24.6. The lowest BCUT2D eigenvalue weighted by Crippen LogP contribution is -2.49. The van der Waals surface area contributed by atoms with Crippen LogP contribution in [0.25, 0.3) is 11.0 Å². The zero-order valence-corrected chi connectivity index (χ0v) is 15.8. The van der Waals surface area contributed by atoms with Crippen LogP contribution in [0, 0.1) is 0 Å². The second-order valence-corrected chi connectivity index (χ2v) is 7.73. The van der Waals surface area contributed by atoms with Gasteiger partial charge < -0.3 is 14.5 Å². The maximum absolute atomic E-state index is 12.4. The van der Waals surface area contributed by atoms with Crippen molar-refractivity contribution in [3.05, 3.63) is 30.0 Å². The van der Waals surface area contributed by atoms with Gasteiger partial charge in [0.05, 0.1) is 6.26 Å². The molecule has 3 atom stereocenters. The van der Waals surface area contributed by atoms with Gasteiger partial charge in [0.15, 0.2) is 0 Å². The number of hydrogen-bond acceptors (Lipinski definition) is 5. The molecule has 1 N–H and O–H groups in total. The maximum atomic E-state index is 12.4. The van der Waals surface area contributed by atoms with Crippen LogP contribution in [-0.2, 0) is 16.1 Å². The SMILES string of the molecule is CC(=O)NC1C[C@H]2CC[C@@H](C1)N2Cc1coc2cc(OC(=O)C(F)(F)F)ccc12. The summed E-state index contributed by atoms with van der Waals surface area (Å²) in [5.74, 6) is -2.48. The van der Waals surface area contributed by atoms with Gasteiger partial charge in [0, 0.05) is 48.6 Å². The lowest BCUT2D eigenvalue weighted by Gasteiger charge is -2.39. The van der Waals surface area contributed by atoms with Gasteiger partial charge in [0.1, 0.15) is 11.3 Å². The number of amides is 1. The summed E-state index contributed by atoms with van der Waals surface area (Å²) < 4.78 is 47.0. The summed E-state index contributed by atoms with van der Waals surface area (Å²) in [5, 5.41) is 3.80. The van der Waals surface area contributed by atoms with Gasteiger partial charge >= 0.3 is 12.1 Å². The van der Waals surface area contributed by atoms with Gasteiger partial charge in [-0.05, 0) is 37.8 Å². The average molecular weight is 410 g/mol. The Morgan fingerprint density at radius 2 is 1.93 bits per heavy atom. The quantitative estimate of drug-likeness (QED) is 0.617. The number of benzene rings is 1. The molecule has 1 amide bonds. The highest BCUT2D eigenvalue weighted by molar-refractivity contribution is 5.84. The summed E-state index contributed by atoms with van der Waals surface area (Å²) in [4.78, 5) is 24.8. The molecule has 3 heterocycles. The van der Waals surface area contributed by atoms with Crippen molar-refractivity contribution in [1.29, 1.82) is 0 Å². The Morgan fingerprint density at radius 3 is 2.55 bits per heavy atom. The van der Waals surface area contributed by atoms with Crippen LogP contribution in [0.4, 0.5) is 13.2 Å². The number of ether oxygens (including phenoxy) is 1. The number of nitrogens with one attached hydrogen (secondary N) is 1. The second-order valence-electron chi connectivity index (χ2n) is 7.73. The monoisotopic (exact) mass is 410 g/mol. The third-order valence-electron chi connectivity index (χ3n) is 5.71. The average Bonchev–Trinajstić information content (AvgIpc) is 3.12. The predicted octanol–water partition coefficient (Wildman–Crippen LogP) is 3.53. The number of carbonyl (C=O) groups excluding carboxylic acids is 2. The predicted molar refractivity (Wildman–Crippen MR) is 97.1 cm³/mol. The van der Waals surface area contributed by atoms with Crippen molar-refractivity contribution in [2.45, 2.75) is 63.5 Å². The van der Waals surface area contributed by atoms with Gasteiger partial charge in [-0.1, -0.05) is 0 Å². The van der Waals surface area contributed by atoms with Crippen LogP contribution in [-0.4, -0.2) is 41.1 Å². The third kappa shape index (κ3) is 4.10. The zero-order chi connectivity index (χ0) is 20.8. The number of alkyl halides is 3. The number of halogens is 3. The van der Waals surface area contributed by atoms with Gasteiger partial charge in [-0.25, -0.2) is 4.79 Å². The number of rotatable bonds is 4. The van der Waals surface area contributed by atoms with E-state index in [-0.39, 0.29) is 17.7 Å². The molecule has 156 valence electrons. The number of carbonyl (C=O) groups is 2. The smallest absolute Gasteiger partial charge is 0.464 e. The van der Waals surface area contributed by atoms with Crippen LogP contribution < -0.4 is 10.1 Å². The van der Waals surface area contributed by atoms with E-state index in [1.807, 2.05) is 0 Å². The van der Waals surface area contributed by atoms with Crippen LogP contribution in [0.1, 0.15) is 38.2 Å². The Morgan fingerprint density at radius 1 is 1.24 bits per heavy atom. The van der Waals surface area contributed by atoms with Gasteiger partial charge in [-0.15, -0.1) is 0 Å². The Balaban J connectivity index is 1.47. The molecule has 0 radical (unpaired) electrons. The lowest BCUT2D eigenvalue weighted by atomic mass is 9.96. The van der Waals surface area contributed by atoms with Crippen LogP contribution in [0.2, 0.25) is 0 Å². The van der Waals surface area contributed by atoms with Crippen LogP contribution in [0.5, 0.6) is 5.75 Å². The zero-order valence-electron chi connectivity index (χ0n) is 15.8. The molecule has 2 fully saturated rings. The summed E-state index contributed by atoms with van der Waals surface area (Å²) >= 11 is 0. The number of piperidine rings is 1. The molecular formula is C20H21F3N2O4. The van der Waals surface area contributed by atoms with Crippen molar-refractivity contribution >= 4 is 22.8 Å². The van der Waals surface area contributed by atoms with E-state index >= 15 is 0 Å². The standard InChI is InChI=1S/C20H21F3N2O4/c1-11(26)24-13-6-14-2-3-15(7-13)25(14)9-12-10-28-18-8-16(4-5-17(12)18)29-19(27)20(21,22)23/h4-5,8,10,13-15H,2-3,6-7,9H2,1H3,(H,24,26)/t13?,14-,15+. The Bertz CT molecular complexity index is 925. The first-order valence-electron chi connectivity index (χ1n) is 9.52. The molecule has 6 nitrogen and oxygen atoms in total. The molecule has 0 saturated carbocycles. The van der Waals surface area contributed by atoms with E-state index in [2.05, 4.69) is 15.0 Å². The van der Waals surface area contributed by atoms with Gasteiger partial charge in [-0.3, -0.25) is 9.69 Å². The van der Waals surface area contributed by atoms with E-state index in [4.69, 9.17) is 4.42 Å². The summed E-state index contributed by atoms with van der Waals surface area (Å²) in [6, 6.07) is 5.19. The molecule has 9 heteroatoms. The molecule has 1 unspecified atom stereocenters. The highest BCUT2D eigenvalue weighted by Crippen LogP contribution is 2.38. The van der Waals surface area contributed by atoms with E-state index in [1.54, 1.807) is 12.3 Å². The molecule has 2 aliphatic rings. The fourth-order valence-electron chi connectivity index (χ4n) is 4.55. The molecule has 2 aliphatic heterocycles. The van der Waals surface area contributed by atoms with Crippen molar-refractivity contribution < 1.29 is 31.9 Å². The molecule has 1 aromatic carbocycles. The number of furan rings is 1. The fourth-order valence-corrected chi connectivity index (χ4v) is 4.55. The minimum absolute atomic E-state index is 0.00861. The van der Waals surface area contributed by atoms with Gasteiger partial charge in [0.25, 0.3) is 0 Å². The molecule has 0 aliphatic carbocycles. The van der Waals surface area contributed by atoms with Crippen molar-refractivity contribution in [1.82, 2.24) is 10.2 Å². The summed E-state index contributed by atoms with van der Waals surface area (Å²) in [5.41, 5.74) is 1.30. The number of nitrogens with zero attached hydrogens (tertiary/aromatic N) is 1. The Labute approximate surface area is 165 Å². The first kappa shape index (κ1) is 19.8. The van der Waals surface area contributed by atoms with E-state index in [9.17, 15) is 22.8 Å². The van der Waals surface area contributed by atoms with E-state index in [0.29, 0.717) is 24.2 Å². The van der Waals surface area contributed by atoms with Gasteiger partial charge in [0.2, 0.25) is 5.91 Å². The van der Waals surface area contributed by atoms with Crippen LogP contribution >= 0.6 is 0 Å². The molecule has 0 spiro atoms. The Kier molecular flexibility index (Phi) is 5.02. The number of esters is 1. The minimum atomic E-state index is -5.05. The maximum Gasteiger partial charge on any atom is 0.491 e. The van der Waals surface area contributed by atoms with E-state index in [1.165, 1.54) is 19.1 Å². The molecule has 29 heavy (non-hydrogen) atoms. The summed E-state index contributed by atoms with van der Waals surface area (Å²) in [7, 11) is 0. The first-order chi connectivity index (χ1) is 13.7. The molecule has 1 aromatic heterocycles. The van der Waals surface area contributed by atoms with Gasteiger partial charge in [-0.2, -0.15) is 13.2 Å². The molecular weight excluding hydrogens is 389 g/mol. The summed E-state index contributed by atoms with van der Waals surface area (Å²) in [6.07, 6.45) is 0.514. The highest BCUT2D eigenvalue weighted by Gasteiger charge is 2.42. The number of fused-ring (bicyclic) bond motifs is 3. The fraction of sp³-hybridized carbons (Fsp3) is 0.500. The van der Waals surface area contributed by atoms with Crippen molar-refractivity contribution in [3.8, 4) is 5.75 Å². The largest absolute Gasteiger partial charge is 0.491 e. The topological polar surface area (TPSA) is 71.8 Å². The lowest BCUT2D eigenvalue weighted by molar-refractivity contribution is -0.189. The Hall–Kier alpha value is -2.55. The minimum Gasteiger partial charge on any atom is -0.464 e. The van der Waals surface area contributed by atoms with E-state index < -0.39 is 12.1 Å². The van der Waals surface area contributed by atoms with Crippen LogP contribution in [0.3, 0.4) is 0 Å². The number of hydrogen-bond donors (Lipinski definition) is 1. The molecule has 2 saturated heterocycles. The van der Waals surface area contributed by atoms with Crippen molar-refractivity contribution in [2.24, 2.45) is 0 Å².